The number of nitrogens with one attached hydrogen (secondary N) is 1. The predicted molar refractivity (Wildman–Crippen MR) is 131 cm³/mol. The first-order chi connectivity index (χ1) is 16.4. The third kappa shape index (κ3) is 4.62. The fourth-order valence-corrected chi connectivity index (χ4v) is 5.43. The number of hydrogen-bond donors (Lipinski definition) is 1. The molecule has 1 aromatic heterocycles. The number of para-hydroxylation sites is 1. The number of allylic oxidation sites excluding steroid dienone is 1. The molecule has 0 spiro atoms. The molecule has 2 aliphatic rings. The van der Waals surface area contributed by atoms with Gasteiger partial charge in [0.2, 0.25) is 0 Å². The second-order valence-electron chi connectivity index (χ2n) is 8.49. The Hall–Kier alpha value is -3.43. The lowest BCUT2D eigenvalue weighted by atomic mass is 10.1. The van der Waals surface area contributed by atoms with Crippen molar-refractivity contribution in [1.82, 2.24) is 14.8 Å². The van der Waals surface area contributed by atoms with Crippen molar-refractivity contribution in [3.05, 3.63) is 71.9 Å². The van der Waals surface area contributed by atoms with E-state index in [1.54, 1.807) is 36.5 Å². The van der Waals surface area contributed by atoms with Crippen LogP contribution in [0.2, 0.25) is 0 Å². The molecule has 0 atom stereocenters. The molecule has 176 valence electrons. The van der Waals surface area contributed by atoms with Crippen LogP contribution in [0, 0.1) is 0 Å². The quantitative estimate of drug-likeness (QED) is 0.525. The molecular formula is C25H26N4O4S. The van der Waals surface area contributed by atoms with Gasteiger partial charge < -0.3 is 9.64 Å². The molecule has 1 amide bonds. The van der Waals surface area contributed by atoms with Gasteiger partial charge in [0, 0.05) is 49.9 Å². The van der Waals surface area contributed by atoms with Crippen molar-refractivity contribution in [3.63, 3.8) is 0 Å². The number of fused-ring (bicyclic) bond motifs is 1. The van der Waals surface area contributed by atoms with Crippen LogP contribution in [0.15, 0.2) is 71.3 Å². The summed E-state index contributed by atoms with van der Waals surface area (Å²) < 4.78 is 34.4. The summed E-state index contributed by atoms with van der Waals surface area (Å²) >= 11 is 0. The smallest absolute Gasteiger partial charge is 0.264 e. The molecule has 0 unspecified atom stereocenters. The van der Waals surface area contributed by atoms with Crippen molar-refractivity contribution >= 4 is 32.5 Å². The molecule has 0 saturated carbocycles. The zero-order valence-electron chi connectivity index (χ0n) is 18.9. The van der Waals surface area contributed by atoms with Crippen LogP contribution in [0.5, 0.6) is 5.75 Å². The Morgan fingerprint density at radius 3 is 2.59 bits per heavy atom. The van der Waals surface area contributed by atoms with E-state index in [2.05, 4.69) is 20.7 Å². The van der Waals surface area contributed by atoms with Gasteiger partial charge in [-0.25, -0.2) is 8.42 Å². The van der Waals surface area contributed by atoms with Gasteiger partial charge in [0.1, 0.15) is 10.6 Å². The summed E-state index contributed by atoms with van der Waals surface area (Å²) in [7, 11) is -2.48. The first-order valence-corrected chi connectivity index (χ1v) is 12.7. The van der Waals surface area contributed by atoms with Gasteiger partial charge >= 0.3 is 0 Å². The van der Waals surface area contributed by atoms with Gasteiger partial charge in [0.25, 0.3) is 15.9 Å². The minimum atomic E-state index is -3.94. The van der Waals surface area contributed by atoms with E-state index in [0.29, 0.717) is 24.2 Å². The second kappa shape index (κ2) is 9.08. The summed E-state index contributed by atoms with van der Waals surface area (Å²) in [4.78, 5) is 21.6. The monoisotopic (exact) mass is 478 g/mol. The molecule has 0 bridgehead atoms. The number of sulfonamides is 1. The van der Waals surface area contributed by atoms with Crippen LogP contribution in [-0.4, -0.2) is 68.9 Å². The van der Waals surface area contributed by atoms with Crippen LogP contribution in [0.1, 0.15) is 16.8 Å². The minimum absolute atomic E-state index is 0.0765. The number of amides is 1. The lowest BCUT2D eigenvalue weighted by molar-refractivity contribution is 0.0648. The summed E-state index contributed by atoms with van der Waals surface area (Å²) in [6, 6.07) is 13.4. The van der Waals surface area contributed by atoms with E-state index in [1.165, 1.54) is 18.7 Å². The molecule has 8 nitrogen and oxygen atoms in total. The second-order valence-corrected chi connectivity index (χ2v) is 10.1. The number of pyridine rings is 1. The fourth-order valence-electron chi connectivity index (χ4n) is 4.18. The van der Waals surface area contributed by atoms with E-state index in [4.69, 9.17) is 4.74 Å². The van der Waals surface area contributed by atoms with Crippen LogP contribution >= 0.6 is 0 Å². The first kappa shape index (κ1) is 22.4. The average Bonchev–Trinajstić information content (AvgIpc) is 3.68. The maximum Gasteiger partial charge on any atom is 0.264 e. The number of hydrogen-bond acceptors (Lipinski definition) is 6. The van der Waals surface area contributed by atoms with Gasteiger partial charge in [-0.15, -0.1) is 0 Å². The highest BCUT2D eigenvalue weighted by atomic mass is 32.2. The number of ether oxygens (including phenoxy) is 1. The van der Waals surface area contributed by atoms with Gasteiger partial charge in [0.15, 0.2) is 0 Å². The van der Waals surface area contributed by atoms with Crippen LogP contribution in [0.25, 0.3) is 10.9 Å². The third-order valence-electron chi connectivity index (χ3n) is 6.16. The number of anilines is 1. The van der Waals surface area contributed by atoms with Gasteiger partial charge in [0.05, 0.1) is 18.3 Å². The zero-order chi connectivity index (χ0) is 23.7. The summed E-state index contributed by atoms with van der Waals surface area (Å²) in [6.07, 6.45) is 4.91. The maximum absolute atomic E-state index is 13.2. The lowest BCUT2D eigenvalue weighted by Crippen LogP contribution is -2.48. The van der Waals surface area contributed by atoms with E-state index >= 15 is 0 Å². The Kier molecular flexibility index (Phi) is 5.97. The molecule has 5 rings (SSSR count). The number of rotatable bonds is 7. The Morgan fingerprint density at radius 2 is 1.85 bits per heavy atom. The molecule has 1 fully saturated rings. The highest BCUT2D eigenvalue weighted by Gasteiger charge is 2.25. The lowest BCUT2D eigenvalue weighted by Gasteiger charge is -2.34. The molecular weight excluding hydrogens is 452 g/mol. The Bertz CT molecular complexity index is 1370. The number of methoxy groups -OCH3 is 1. The van der Waals surface area contributed by atoms with E-state index in [9.17, 15) is 13.2 Å². The predicted octanol–water partition coefficient (Wildman–Crippen LogP) is 3.13. The van der Waals surface area contributed by atoms with Crippen molar-refractivity contribution in [2.45, 2.75) is 11.3 Å². The van der Waals surface area contributed by atoms with Crippen LogP contribution in [-0.2, 0) is 10.0 Å². The fraction of sp³-hybridized carbons (Fsp3) is 0.280. The van der Waals surface area contributed by atoms with E-state index in [0.717, 1.165) is 31.4 Å². The van der Waals surface area contributed by atoms with Crippen molar-refractivity contribution < 1.29 is 17.9 Å². The number of piperazine rings is 1. The van der Waals surface area contributed by atoms with Crippen molar-refractivity contribution in [2.75, 3.05) is 44.6 Å². The van der Waals surface area contributed by atoms with Gasteiger partial charge in [-0.3, -0.25) is 19.4 Å². The molecule has 1 saturated heterocycles. The number of carbonyl (C=O) groups is 1. The van der Waals surface area contributed by atoms with Crippen LogP contribution in [0.3, 0.4) is 0 Å². The number of carbonyl (C=O) groups excluding carboxylic acids is 1. The standard InChI is InChI=1S/C25H26N4O4S/c1-33-22-16-20(25(30)29-14-12-28(13-15-29)17-18-7-8-18)9-10-21(22)27-34(31,32)23-6-2-4-19-5-3-11-26-24(19)23/h2-7,9-11,16,27H,8,12-15,17H2,1H3. The van der Waals surface area contributed by atoms with Gasteiger partial charge in [-0.2, -0.15) is 0 Å². The molecule has 2 heterocycles. The molecule has 9 heteroatoms. The van der Waals surface area contributed by atoms with Gasteiger partial charge in [-0.1, -0.05) is 29.8 Å². The number of aromatic nitrogens is 1. The Balaban J connectivity index is 1.33. The molecule has 1 aliphatic heterocycles. The summed E-state index contributed by atoms with van der Waals surface area (Å²) in [5, 5.41) is 0.729. The Morgan fingerprint density at radius 1 is 1.09 bits per heavy atom. The van der Waals surface area contributed by atoms with Crippen molar-refractivity contribution in [1.29, 1.82) is 0 Å². The topological polar surface area (TPSA) is 91.8 Å². The van der Waals surface area contributed by atoms with E-state index < -0.39 is 10.0 Å². The number of nitrogens with zero attached hydrogens (tertiary/aromatic N) is 3. The van der Waals surface area contributed by atoms with E-state index in [1.807, 2.05) is 17.0 Å². The van der Waals surface area contributed by atoms with Crippen molar-refractivity contribution in [2.24, 2.45) is 0 Å². The molecule has 34 heavy (non-hydrogen) atoms. The largest absolute Gasteiger partial charge is 0.495 e. The normalized spacial score (nSPS) is 16.3. The average molecular weight is 479 g/mol. The summed E-state index contributed by atoms with van der Waals surface area (Å²) in [5.41, 5.74) is 2.58. The highest BCUT2D eigenvalue weighted by Crippen LogP contribution is 2.30. The number of benzene rings is 2. The summed E-state index contributed by atoms with van der Waals surface area (Å²) in [5.74, 6) is 0.193. The highest BCUT2D eigenvalue weighted by molar-refractivity contribution is 7.93. The van der Waals surface area contributed by atoms with Gasteiger partial charge in [-0.05, 0) is 36.8 Å². The SMILES string of the molecule is COc1cc(C(=O)N2CCN(CC3=CC3)CC2)ccc1NS(=O)(=O)c1cccc2cccnc12. The van der Waals surface area contributed by atoms with Crippen molar-refractivity contribution in [3.8, 4) is 5.75 Å². The van der Waals surface area contributed by atoms with Crippen LogP contribution in [0.4, 0.5) is 5.69 Å². The molecule has 2 aromatic carbocycles. The molecule has 0 radical (unpaired) electrons. The molecule has 1 aliphatic carbocycles. The van der Waals surface area contributed by atoms with E-state index in [-0.39, 0.29) is 22.2 Å². The first-order valence-electron chi connectivity index (χ1n) is 11.2. The zero-order valence-corrected chi connectivity index (χ0v) is 19.7. The molecule has 3 aromatic rings. The summed E-state index contributed by atoms with van der Waals surface area (Å²) in [6.45, 7) is 4.01. The molecule has 1 N–H and O–H groups in total. The minimum Gasteiger partial charge on any atom is -0.495 e. The maximum atomic E-state index is 13.2. The van der Waals surface area contributed by atoms with Crippen LogP contribution < -0.4 is 9.46 Å². The Labute approximate surface area is 198 Å². The third-order valence-corrected chi connectivity index (χ3v) is 7.55.